The van der Waals surface area contributed by atoms with Crippen LogP contribution in [0.2, 0.25) is 0 Å². The van der Waals surface area contributed by atoms with Crippen LogP contribution in [0.3, 0.4) is 0 Å². The van der Waals surface area contributed by atoms with Crippen LogP contribution in [-0.2, 0) is 6.54 Å². The number of hydrogen-bond donors (Lipinski definition) is 2. The SMILES string of the molecule is CC(C)(C)NC(N)=NCc1cccnc1Oc1cccc(F)c1.I. The van der Waals surface area contributed by atoms with Crippen molar-refractivity contribution in [3.63, 3.8) is 0 Å². The van der Waals surface area contributed by atoms with Gasteiger partial charge < -0.3 is 15.8 Å². The molecule has 1 heterocycles. The van der Waals surface area contributed by atoms with Crippen molar-refractivity contribution < 1.29 is 9.13 Å². The van der Waals surface area contributed by atoms with Gasteiger partial charge in [-0.3, -0.25) is 0 Å². The molecule has 2 aromatic rings. The zero-order valence-corrected chi connectivity index (χ0v) is 16.2. The van der Waals surface area contributed by atoms with Gasteiger partial charge >= 0.3 is 0 Å². The summed E-state index contributed by atoms with van der Waals surface area (Å²) in [5.41, 5.74) is 6.45. The number of pyridine rings is 1. The number of rotatable bonds is 4. The number of nitrogens with two attached hydrogens (primary N) is 1. The molecule has 0 bridgehead atoms. The van der Waals surface area contributed by atoms with Gasteiger partial charge in [0.1, 0.15) is 11.6 Å². The normalized spacial score (nSPS) is 11.6. The minimum atomic E-state index is -0.364. The molecular weight excluding hydrogens is 422 g/mol. The van der Waals surface area contributed by atoms with E-state index in [4.69, 9.17) is 10.5 Å². The van der Waals surface area contributed by atoms with Gasteiger partial charge in [0.25, 0.3) is 0 Å². The lowest BCUT2D eigenvalue weighted by molar-refractivity contribution is 0.452. The van der Waals surface area contributed by atoms with Gasteiger partial charge in [0.05, 0.1) is 6.54 Å². The van der Waals surface area contributed by atoms with Gasteiger partial charge in [-0.15, -0.1) is 24.0 Å². The molecule has 0 aliphatic heterocycles. The predicted molar refractivity (Wildman–Crippen MR) is 104 cm³/mol. The largest absolute Gasteiger partial charge is 0.439 e. The fourth-order valence-corrected chi connectivity index (χ4v) is 1.87. The van der Waals surface area contributed by atoms with Gasteiger partial charge in [-0.2, -0.15) is 0 Å². The molecule has 0 spiro atoms. The summed E-state index contributed by atoms with van der Waals surface area (Å²) >= 11 is 0. The van der Waals surface area contributed by atoms with E-state index in [-0.39, 0.29) is 35.3 Å². The number of aromatic nitrogens is 1. The third-order valence-corrected chi connectivity index (χ3v) is 2.78. The van der Waals surface area contributed by atoms with E-state index in [9.17, 15) is 4.39 Å². The Morgan fingerprint density at radius 2 is 2.04 bits per heavy atom. The molecule has 1 aromatic heterocycles. The Morgan fingerprint density at radius 1 is 1.29 bits per heavy atom. The van der Waals surface area contributed by atoms with E-state index in [0.29, 0.717) is 24.1 Å². The van der Waals surface area contributed by atoms with E-state index < -0.39 is 0 Å². The number of nitrogens with zero attached hydrogens (tertiary/aromatic N) is 2. The molecular formula is C17H22FIN4O. The fourth-order valence-electron chi connectivity index (χ4n) is 1.87. The Kier molecular flexibility index (Phi) is 7.40. The summed E-state index contributed by atoms with van der Waals surface area (Å²) in [6, 6.07) is 9.54. The maximum atomic E-state index is 13.2. The molecule has 0 aliphatic rings. The predicted octanol–water partition coefficient (Wildman–Crippen LogP) is 3.83. The topological polar surface area (TPSA) is 72.5 Å². The summed E-state index contributed by atoms with van der Waals surface area (Å²) in [7, 11) is 0. The summed E-state index contributed by atoms with van der Waals surface area (Å²) < 4.78 is 18.9. The van der Waals surface area contributed by atoms with Crippen molar-refractivity contribution in [2.75, 3.05) is 0 Å². The second-order valence-electron chi connectivity index (χ2n) is 6.10. The fraction of sp³-hybridized carbons (Fsp3) is 0.294. The molecule has 0 saturated heterocycles. The molecule has 7 heteroatoms. The number of guanidine groups is 1. The van der Waals surface area contributed by atoms with Crippen LogP contribution in [0.1, 0.15) is 26.3 Å². The van der Waals surface area contributed by atoms with Crippen LogP contribution in [0.4, 0.5) is 4.39 Å². The highest BCUT2D eigenvalue weighted by Crippen LogP contribution is 2.23. The summed E-state index contributed by atoms with van der Waals surface area (Å²) in [6.45, 7) is 6.31. The van der Waals surface area contributed by atoms with E-state index in [1.54, 1.807) is 24.4 Å². The quantitative estimate of drug-likeness (QED) is 0.427. The van der Waals surface area contributed by atoms with E-state index in [0.717, 1.165) is 5.56 Å². The standard InChI is InChI=1S/C17H21FN4O.HI/c1-17(2,3)22-16(19)21-11-12-6-5-9-20-15(12)23-14-8-4-7-13(18)10-14;/h4-10H,11H2,1-3H3,(H3,19,21,22);1H. The lowest BCUT2D eigenvalue weighted by Crippen LogP contribution is -2.44. The second kappa shape index (κ2) is 8.81. The number of halogens is 2. The average molecular weight is 444 g/mol. The zero-order chi connectivity index (χ0) is 16.9. The number of ether oxygens (including phenoxy) is 1. The van der Waals surface area contributed by atoms with Crippen LogP contribution in [0.5, 0.6) is 11.6 Å². The van der Waals surface area contributed by atoms with Crippen LogP contribution in [-0.4, -0.2) is 16.5 Å². The van der Waals surface area contributed by atoms with Crippen molar-refractivity contribution in [2.45, 2.75) is 32.9 Å². The molecule has 24 heavy (non-hydrogen) atoms. The zero-order valence-electron chi connectivity index (χ0n) is 13.9. The van der Waals surface area contributed by atoms with E-state index in [1.165, 1.54) is 12.1 Å². The van der Waals surface area contributed by atoms with Gasteiger partial charge in [-0.25, -0.2) is 14.4 Å². The molecule has 0 radical (unpaired) electrons. The van der Waals surface area contributed by atoms with E-state index >= 15 is 0 Å². The Labute approximate surface area is 158 Å². The monoisotopic (exact) mass is 444 g/mol. The molecule has 5 nitrogen and oxygen atoms in total. The van der Waals surface area contributed by atoms with Gasteiger partial charge in [-0.1, -0.05) is 12.1 Å². The molecule has 0 aliphatic carbocycles. The maximum absolute atomic E-state index is 13.2. The summed E-state index contributed by atoms with van der Waals surface area (Å²) in [6.07, 6.45) is 1.61. The summed E-state index contributed by atoms with van der Waals surface area (Å²) in [5.74, 6) is 0.745. The Morgan fingerprint density at radius 3 is 2.71 bits per heavy atom. The number of nitrogens with one attached hydrogen (secondary N) is 1. The molecule has 0 atom stereocenters. The van der Waals surface area contributed by atoms with E-state index in [2.05, 4.69) is 15.3 Å². The van der Waals surface area contributed by atoms with Crippen LogP contribution < -0.4 is 15.8 Å². The third-order valence-electron chi connectivity index (χ3n) is 2.78. The number of aliphatic imine (C=N–C) groups is 1. The molecule has 0 saturated carbocycles. The van der Waals surface area contributed by atoms with Crippen LogP contribution in [0, 0.1) is 5.82 Å². The van der Waals surface area contributed by atoms with Crippen molar-refractivity contribution in [3.8, 4) is 11.6 Å². The van der Waals surface area contributed by atoms with Crippen molar-refractivity contribution in [3.05, 3.63) is 54.0 Å². The molecule has 1 aromatic carbocycles. The highest BCUT2D eigenvalue weighted by molar-refractivity contribution is 14.0. The molecule has 130 valence electrons. The van der Waals surface area contributed by atoms with Crippen LogP contribution >= 0.6 is 24.0 Å². The average Bonchev–Trinajstić information content (AvgIpc) is 2.44. The van der Waals surface area contributed by atoms with Gasteiger partial charge in [-0.05, 0) is 39.0 Å². The first-order valence-electron chi connectivity index (χ1n) is 7.29. The molecule has 0 amide bonds. The summed E-state index contributed by atoms with van der Waals surface area (Å²) in [4.78, 5) is 8.47. The summed E-state index contributed by atoms with van der Waals surface area (Å²) in [5, 5.41) is 3.08. The van der Waals surface area contributed by atoms with Gasteiger partial charge in [0.15, 0.2) is 5.96 Å². The highest BCUT2D eigenvalue weighted by atomic mass is 127. The second-order valence-corrected chi connectivity index (χ2v) is 6.10. The lowest BCUT2D eigenvalue weighted by atomic mass is 10.1. The third kappa shape index (κ3) is 6.69. The maximum Gasteiger partial charge on any atom is 0.224 e. The van der Waals surface area contributed by atoms with Gasteiger partial charge in [0, 0.05) is 23.4 Å². The minimum Gasteiger partial charge on any atom is -0.439 e. The van der Waals surface area contributed by atoms with Crippen LogP contribution in [0.25, 0.3) is 0 Å². The van der Waals surface area contributed by atoms with Crippen molar-refractivity contribution in [1.29, 1.82) is 0 Å². The molecule has 0 unspecified atom stereocenters. The number of benzene rings is 1. The molecule has 3 N–H and O–H groups in total. The minimum absolute atomic E-state index is 0. The molecule has 2 rings (SSSR count). The first kappa shape index (κ1) is 20.1. The van der Waals surface area contributed by atoms with Crippen molar-refractivity contribution in [1.82, 2.24) is 10.3 Å². The number of hydrogen-bond acceptors (Lipinski definition) is 3. The smallest absolute Gasteiger partial charge is 0.224 e. The van der Waals surface area contributed by atoms with Gasteiger partial charge in [0.2, 0.25) is 5.88 Å². The lowest BCUT2D eigenvalue weighted by Gasteiger charge is -2.21. The van der Waals surface area contributed by atoms with Crippen molar-refractivity contribution in [2.24, 2.45) is 10.7 Å². The Hall–Kier alpha value is -1.90. The molecule has 0 fully saturated rings. The first-order chi connectivity index (χ1) is 10.8. The van der Waals surface area contributed by atoms with E-state index in [1.807, 2.05) is 26.8 Å². The highest BCUT2D eigenvalue weighted by Gasteiger charge is 2.11. The first-order valence-corrected chi connectivity index (χ1v) is 7.29. The van der Waals surface area contributed by atoms with Crippen LogP contribution in [0.15, 0.2) is 47.6 Å². The Bertz CT molecular complexity index is 701. The Balaban J connectivity index is 0.00000288. The van der Waals surface area contributed by atoms with Crippen molar-refractivity contribution >= 4 is 29.9 Å².